The van der Waals surface area contributed by atoms with E-state index in [-0.39, 0.29) is 0 Å². The third kappa shape index (κ3) is 2.42. The number of hydrogen-bond donors (Lipinski definition) is 2. The first-order valence-corrected chi connectivity index (χ1v) is 8.66. The summed E-state index contributed by atoms with van der Waals surface area (Å²) in [6.07, 6.45) is 2.40. The number of benzene rings is 1. The number of aryl methyl sites for hydroxylation is 1. The lowest BCUT2D eigenvalue weighted by Gasteiger charge is -2.05. The van der Waals surface area contributed by atoms with Crippen molar-refractivity contribution in [3.63, 3.8) is 0 Å². The average molecular weight is 356 g/mol. The second-order valence-corrected chi connectivity index (χ2v) is 6.11. The number of nitrogens with zero attached hydrogens (tertiary/aromatic N) is 6. The Morgan fingerprint density at radius 1 is 1.00 bits per heavy atom. The smallest absolute Gasteiger partial charge is 0.215 e. The number of imidazole rings is 2. The summed E-state index contributed by atoms with van der Waals surface area (Å²) in [4.78, 5) is 26.2. The van der Waals surface area contributed by atoms with Crippen LogP contribution in [0.25, 0.3) is 39.7 Å². The Balaban J connectivity index is 1.88. The number of anilines is 1. The highest BCUT2D eigenvalue weighted by Gasteiger charge is 2.21. The monoisotopic (exact) mass is 356 g/mol. The van der Waals surface area contributed by atoms with Gasteiger partial charge < -0.3 is 10.7 Å². The van der Waals surface area contributed by atoms with Crippen LogP contribution < -0.4 is 5.73 Å². The summed E-state index contributed by atoms with van der Waals surface area (Å²) >= 11 is 0. The number of pyridine rings is 1. The number of rotatable bonds is 3. The third-order valence-corrected chi connectivity index (χ3v) is 4.38. The second-order valence-electron chi connectivity index (χ2n) is 6.11. The van der Waals surface area contributed by atoms with Crippen molar-refractivity contribution in [1.29, 1.82) is 0 Å². The molecule has 0 unspecified atom stereocenters. The van der Waals surface area contributed by atoms with Gasteiger partial charge in [-0.15, -0.1) is 0 Å². The number of H-pyrrole nitrogens is 1. The van der Waals surface area contributed by atoms with Gasteiger partial charge in [-0.1, -0.05) is 25.1 Å². The molecular formula is C19H16N8. The van der Waals surface area contributed by atoms with Gasteiger partial charge in [0.1, 0.15) is 11.5 Å². The predicted molar refractivity (Wildman–Crippen MR) is 103 cm³/mol. The molecule has 4 heterocycles. The van der Waals surface area contributed by atoms with Crippen LogP contribution in [0, 0.1) is 0 Å². The highest BCUT2D eigenvalue weighted by atomic mass is 15.3. The van der Waals surface area contributed by atoms with Crippen molar-refractivity contribution in [3.05, 3.63) is 54.5 Å². The van der Waals surface area contributed by atoms with Gasteiger partial charge in [0.15, 0.2) is 22.8 Å². The molecule has 0 bridgehead atoms. The van der Waals surface area contributed by atoms with E-state index in [4.69, 9.17) is 15.7 Å². The largest absolute Gasteiger partial charge is 0.382 e. The molecule has 5 aromatic rings. The van der Waals surface area contributed by atoms with Crippen molar-refractivity contribution in [3.8, 4) is 17.5 Å². The van der Waals surface area contributed by atoms with Crippen LogP contribution >= 0.6 is 0 Å². The molecule has 0 amide bonds. The number of aromatic amines is 1. The molecule has 8 nitrogen and oxygen atoms in total. The Kier molecular flexibility index (Phi) is 3.36. The topological polar surface area (TPSA) is 111 Å². The van der Waals surface area contributed by atoms with E-state index < -0.39 is 0 Å². The maximum absolute atomic E-state index is 6.17. The zero-order valence-electron chi connectivity index (χ0n) is 14.6. The molecule has 27 heavy (non-hydrogen) atoms. The van der Waals surface area contributed by atoms with E-state index in [1.54, 1.807) is 6.20 Å². The van der Waals surface area contributed by atoms with Crippen molar-refractivity contribution in [2.24, 2.45) is 0 Å². The van der Waals surface area contributed by atoms with Crippen LogP contribution in [0.5, 0.6) is 0 Å². The summed E-state index contributed by atoms with van der Waals surface area (Å²) in [5.41, 5.74) is 9.81. The van der Waals surface area contributed by atoms with Crippen LogP contribution in [-0.4, -0.2) is 34.5 Å². The SMILES string of the molecule is CCc1nc(N)c2nc(-c3ccccn3)n(-c3nc4ccccc4[nH]3)c2n1. The molecule has 0 aliphatic carbocycles. The Labute approximate surface area is 154 Å². The van der Waals surface area contributed by atoms with Crippen LogP contribution in [0.2, 0.25) is 0 Å². The van der Waals surface area contributed by atoms with E-state index in [9.17, 15) is 0 Å². The lowest BCUT2D eigenvalue weighted by atomic mass is 10.3. The molecule has 0 spiro atoms. The first-order valence-electron chi connectivity index (χ1n) is 8.66. The molecule has 0 aliphatic heterocycles. The zero-order chi connectivity index (χ0) is 18.4. The number of aromatic nitrogens is 7. The number of nitrogens with two attached hydrogens (primary N) is 1. The van der Waals surface area contributed by atoms with Gasteiger partial charge in [-0.25, -0.2) is 24.5 Å². The quantitative estimate of drug-likeness (QED) is 0.514. The molecule has 132 valence electrons. The number of nitrogens with one attached hydrogen (secondary N) is 1. The van der Waals surface area contributed by atoms with E-state index >= 15 is 0 Å². The molecule has 4 aromatic heterocycles. The highest BCUT2D eigenvalue weighted by molar-refractivity contribution is 5.87. The van der Waals surface area contributed by atoms with Crippen molar-refractivity contribution >= 4 is 28.0 Å². The molecule has 5 rings (SSSR count). The minimum atomic E-state index is 0.351. The van der Waals surface area contributed by atoms with Crippen LogP contribution in [0.15, 0.2) is 48.7 Å². The minimum Gasteiger partial charge on any atom is -0.382 e. The van der Waals surface area contributed by atoms with Gasteiger partial charge in [-0.3, -0.25) is 4.98 Å². The third-order valence-electron chi connectivity index (χ3n) is 4.38. The van der Waals surface area contributed by atoms with Gasteiger partial charge in [0, 0.05) is 12.6 Å². The average Bonchev–Trinajstić information content (AvgIpc) is 3.29. The van der Waals surface area contributed by atoms with Crippen molar-refractivity contribution in [2.75, 3.05) is 5.73 Å². The highest BCUT2D eigenvalue weighted by Crippen LogP contribution is 2.28. The van der Waals surface area contributed by atoms with Crippen LogP contribution in [0.1, 0.15) is 12.7 Å². The summed E-state index contributed by atoms with van der Waals surface area (Å²) in [6.45, 7) is 1.99. The van der Waals surface area contributed by atoms with Crippen molar-refractivity contribution in [2.45, 2.75) is 13.3 Å². The molecule has 8 heteroatoms. The summed E-state index contributed by atoms with van der Waals surface area (Å²) in [7, 11) is 0. The van der Waals surface area contributed by atoms with Gasteiger partial charge in [0.2, 0.25) is 5.95 Å². The fraction of sp³-hybridized carbons (Fsp3) is 0.105. The van der Waals surface area contributed by atoms with Gasteiger partial charge in [0.05, 0.1) is 11.0 Å². The fourth-order valence-corrected chi connectivity index (χ4v) is 3.10. The van der Waals surface area contributed by atoms with Gasteiger partial charge in [-0.2, -0.15) is 0 Å². The van der Waals surface area contributed by atoms with Gasteiger partial charge in [-0.05, 0) is 24.3 Å². The Hall–Kier alpha value is -3.81. The molecule has 3 N–H and O–H groups in total. The molecule has 1 aromatic carbocycles. The lowest BCUT2D eigenvalue weighted by molar-refractivity contribution is 0.930. The van der Waals surface area contributed by atoms with E-state index in [0.717, 1.165) is 11.0 Å². The second kappa shape index (κ2) is 5.87. The summed E-state index contributed by atoms with van der Waals surface area (Å²) < 4.78 is 1.86. The van der Waals surface area contributed by atoms with E-state index in [1.165, 1.54) is 0 Å². The molecule has 0 fully saturated rings. The normalized spacial score (nSPS) is 11.4. The number of para-hydroxylation sites is 2. The molecular weight excluding hydrogens is 340 g/mol. The Morgan fingerprint density at radius 3 is 2.63 bits per heavy atom. The predicted octanol–water partition coefficient (Wildman–Crippen LogP) is 2.90. The standard InChI is InChI=1S/C19H16N8/c1-2-14-24-16(20)15-18(25-14)27(17(26-15)13-9-5-6-10-21-13)19-22-11-7-3-4-8-12(11)23-19/h3-10H,2H2,1H3,(H,22,23)(H2,20,24,25). The molecule has 0 atom stereocenters. The maximum atomic E-state index is 6.17. The Morgan fingerprint density at radius 2 is 1.85 bits per heavy atom. The molecule has 0 saturated heterocycles. The van der Waals surface area contributed by atoms with E-state index in [2.05, 4.69) is 19.9 Å². The first kappa shape index (κ1) is 15.4. The summed E-state index contributed by atoms with van der Waals surface area (Å²) in [5, 5.41) is 0. The lowest BCUT2D eigenvalue weighted by Crippen LogP contribution is -2.04. The number of hydrogen-bond acceptors (Lipinski definition) is 6. The number of fused-ring (bicyclic) bond motifs is 2. The van der Waals surface area contributed by atoms with Gasteiger partial charge >= 0.3 is 0 Å². The molecule has 0 radical (unpaired) electrons. The van der Waals surface area contributed by atoms with Crippen molar-refractivity contribution in [1.82, 2.24) is 34.5 Å². The van der Waals surface area contributed by atoms with Gasteiger partial charge in [0.25, 0.3) is 0 Å². The minimum absolute atomic E-state index is 0.351. The first-order chi connectivity index (χ1) is 13.2. The Bertz CT molecular complexity index is 1240. The number of nitrogen functional groups attached to an aromatic ring is 1. The summed E-state index contributed by atoms with van der Waals surface area (Å²) in [5.74, 6) is 2.23. The zero-order valence-corrected chi connectivity index (χ0v) is 14.6. The van der Waals surface area contributed by atoms with E-state index in [0.29, 0.717) is 46.7 Å². The van der Waals surface area contributed by atoms with Crippen LogP contribution in [0.3, 0.4) is 0 Å². The maximum Gasteiger partial charge on any atom is 0.215 e. The van der Waals surface area contributed by atoms with E-state index in [1.807, 2.05) is 54.0 Å². The fourth-order valence-electron chi connectivity index (χ4n) is 3.10. The summed E-state index contributed by atoms with van der Waals surface area (Å²) in [6, 6.07) is 13.5. The van der Waals surface area contributed by atoms with Crippen LogP contribution in [0.4, 0.5) is 5.82 Å². The van der Waals surface area contributed by atoms with Crippen molar-refractivity contribution < 1.29 is 0 Å². The van der Waals surface area contributed by atoms with Crippen LogP contribution in [-0.2, 0) is 6.42 Å². The molecule has 0 aliphatic rings. The molecule has 0 saturated carbocycles.